The van der Waals surface area contributed by atoms with Crippen LogP contribution in [0.4, 0.5) is 4.79 Å². The van der Waals surface area contributed by atoms with Crippen LogP contribution in [-0.2, 0) is 0 Å². The quantitative estimate of drug-likeness (QED) is 0.430. The molecule has 0 radical (unpaired) electrons. The van der Waals surface area contributed by atoms with Crippen molar-refractivity contribution >= 4 is 18.7 Å². The average Bonchev–Trinajstić information content (AvgIpc) is 2.06. The molecule has 0 spiro atoms. The van der Waals surface area contributed by atoms with Crippen LogP contribution in [-0.4, -0.2) is 24.9 Å². The van der Waals surface area contributed by atoms with Crippen molar-refractivity contribution in [1.82, 2.24) is 10.6 Å². The number of unbranched alkanes of at least 4 members (excludes halogenated alkanes) is 1. The van der Waals surface area contributed by atoms with E-state index in [1.165, 1.54) is 0 Å². The fraction of sp³-hybridized carbons (Fsp3) is 0.875. The van der Waals surface area contributed by atoms with Gasteiger partial charge in [-0.2, -0.15) is 12.6 Å². The highest BCUT2D eigenvalue weighted by atomic mass is 32.1. The van der Waals surface area contributed by atoms with Gasteiger partial charge in [0, 0.05) is 13.1 Å². The molecule has 0 heterocycles. The van der Waals surface area contributed by atoms with Crippen LogP contribution in [0.25, 0.3) is 0 Å². The third-order valence-corrected chi connectivity index (χ3v) is 1.75. The van der Waals surface area contributed by atoms with Crippen LogP contribution in [0.3, 0.4) is 0 Å². The van der Waals surface area contributed by atoms with E-state index in [9.17, 15) is 4.79 Å². The third kappa shape index (κ3) is 7.72. The zero-order valence-corrected chi connectivity index (χ0v) is 8.49. The molecule has 0 aliphatic carbocycles. The summed E-state index contributed by atoms with van der Waals surface area (Å²) in [6, 6.07) is -0.0646. The van der Waals surface area contributed by atoms with Gasteiger partial charge in [-0.25, -0.2) is 4.79 Å². The summed E-state index contributed by atoms with van der Waals surface area (Å²) in [6.45, 7) is 3.57. The lowest BCUT2D eigenvalue weighted by atomic mass is 10.3. The molecular weight excluding hydrogens is 172 g/mol. The van der Waals surface area contributed by atoms with Crippen molar-refractivity contribution in [3.63, 3.8) is 0 Å². The van der Waals surface area contributed by atoms with E-state index in [1.807, 2.05) is 0 Å². The summed E-state index contributed by atoms with van der Waals surface area (Å²) in [5.41, 5.74) is 0. The molecule has 72 valence electrons. The summed E-state index contributed by atoms with van der Waals surface area (Å²) in [7, 11) is 0. The van der Waals surface area contributed by atoms with Gasteiger partial charge in [-0.15, -0.1) is 0 Å². The van der Waals surface area contributed by atoms with Crippen LogP contribution in [0, 0.1) is 0 Å². The highest BCUT2D eigenvalue weighted by Crippen LogP contribution is 1.83. The van der Waals surface area contributed by atoms with Crippen LogP contribution >= 0.6 is 12.6 Å². The molecule has 2 amide bonds. The van der Waals surface area contributed by atoms with Crippen LogP contribution in [0.2, 0.25) is 0 Å². The highest BCUT2D eigenvalue weighted by molar-refractivity contribution is 7.80. The summed E-state index contributed by atoms with van der Waals surface area (Å²) in [5.74, 6) is 0.815. The van der Waals surface area contributed by atoms with Gasteiger partial charge in [-0.1, -0.05) is 13.3 Å². The lowest BCUT2D eigenvalue weighted by molar-refractivity contribution is 0.241. The second-order valence-corrected chi connectivity index (χ2v) is 3.06. The largest absolute Gasteiger partial charge is 0.338 e. The molecule has 0 aliphatic heterocycles. The van der Waals surface area contributed by atoms with Gasteiger partial charge < -0.3 is 10.6 Å². The number of hydrogen-bond acceptors (Lipinski definition) is 2. The fourth-order valence-corrected chi connectivity index (χ4v) is 0.880. The van der Waals surface area contributed by atoms with Gasteiger partial charge in [0.25, 0.3) is 0 Å². The number of carbonyl (C=O) groups is 1. The van der Waals surface area contributed by atoms with Gasteiger partial charge in [0.15, 0.2) is 0 Å². The van der Waals surface area contributed by atoms with Crippen molar-refractivity contribution < 1.29 is 4.79 Å². The first-order valence-electron chi connectivity index (χ1n) is 4.43. The summed E-state index contributed by atoms with van der Waals surface area (Å²) in [4.78, 5) is 10.9. The summed E-state index contributed by atoms with van der Waals surface area (Å²) >= 11 is 4.04. The van der Waals surface area contributed by atoms with Crippen molar-refractivity contribution in [2.24, 2.45) is 0 Å². The van der Waals surface area contributed by atoms with Gasteiger partial charge in [0.05, 0.1) is 0 Å². The first kappa shape index (κ1) is 11.6. The Morgan fingerprint density at radius 2 is 1.83 bits per heavy atom. The van der Waals surface area contributed by atoms with Gasteiger partial charge in [-0.05, 0) is 18.6 Å². The second-order valence-electron chi connectivity index (χ2n) is 2.61. The van der Waals surface area contributed by atoms with Gasteiger partial charge in [0.2, 0.25) is 0 Å². The number of rotatable bonds is 6. The fourth-order valence-electron chi connectivity index (χ4n) is 0.722. The molecule has 0 aromatic heterocycles. The lowest BCUT2D eigenvalue weighted by Gasteiger charge is -2.05. The SMILES string of the molecule is CCCCNC(=O)NCCCS. The Morgan fingerprint density at radius 3 is 2.33 bits per heavy atom. The second kappa shape index (κ2) is 8.71. The number of hydrogen-bond donors (Lipinski definition) is 3. The molecule has 4 heteroatoms. The predicted octanol–water partition coefficient (Wildman–Crippen LogP) is 1.41. The van der Waals surface area contributed by atoms with E-state index in [0.717, 1.165) is 31.6 Å². The number of thiol groups is 1. The van der Waals surface area contributed by atoms with Crippen LogP contribution < -0.4 is 10.6 Å². The molecule has 0 atom stereocenters. The van der Waals surface area contributed by atoms with Gasteiger partial charge in [0.1, 0.15) is 0 Å². The van der Waals surface area contributed by atoms with E-state index in [-0.39, 0.29) is 6.03 Å². The standard InChI is InChI=1S/C8H18N2OS/c1-2-3-5-9-8(11)10-6-4-7-12/h12H,2-7H2,1H3,(H2,9,10,11). The van der Waals surface area contributed by atoms with Gasteiger partial charge >= 0.3 is 6.03 Å². The summed E-state index contributed by atoms with van der Waals surface area (Å²) in [6.07, 6.45) is 3.07. The minimum Gasteiger partial charge on any atom is -0.338 e. The average molecular weight is 190 g/mol. The van der Waals surface area contributed by atoms with Crippen molar-refractivity contribution in [3.05, 3.63) is 0 Å². The number of urea groups is 1. The van der Waals surface area contributed by atoms with Crippen LogP contribution in [0.15, 0.2) is 0 Å². The van der Waals surface area contributed by atoms with Crippen molar-refractivity contribution in [3.8, 4) is 0 Å². The monoisotopic (exact) mass is 190 g/mol. The Labute approximate surface area is 79.7 Å². The third-order valence-electron chi connectivity index (χ3n) is 1.44. The molecule has 0 aliphatic rings. The zero-order chi connectivity index (χ0) is 9.23. The molecular formula is C8H18N2OS. The van der Waals surface area contributed by atoms with Crippen molar-refractivity contribution in [2.45, 2.75) is 26.2 Å². The number of nitrogens with one attached hydrogen (secondary N) is 2. The maximum absolute atomic E-state index is 10.9. The van der Waals surface area contributed by atoms with E-state index in [4.69, 9.17) is 0 Å². The zero-order valence-electron chi connectivity index (χ0n) is 7.60. The maximum Gasteiger partial charge on any atom is 0.314 e. The Bertz CT molecular complexity index is 108. The van der Waals surface area contributed by atoms with Crippen LogP contribution in [0.1, 0.15) is 26.2 Å². The molecule has 0 saturated heterocycles. The minimum absolute atomic E-state index is 0.0646. The number of amides is 2. The van der Waals surface area contributed by atoms with E-state index in [2.05, 4.69) is 30.2 Å². The molecule has 2 N–H and O–H groups in total. The lowest BCUT2D eigenvalue weighted by Crippen LogP contribution is -2.36. The van der Waals surface area contributed by atoms with Crippen molar-refractivity contribution in [1.29, 1.82) is 0 Å². The first-order chi connectivity index (χ1) is 5.81. The Kier molecular flexibility index (Phi) is 8.44. The van der Waals surface area contributed by atoms with E-state index in [1.54, 1.807) is 0 Å². The molecule has 0 saturated carbocycles. The summed E-state index contributed by atoms with van der Waals surface area (Å²) in [5, 5.41) is 5.51. The number of carbonyl (C=O) groups excluding carboxylic acids is 1. The molecule has 12 heavy (non-hydrogen) atoms. The predicted molar refractivity (Wildman–Crippen MR) is 54.8 cm³/mol. The first-order valence-corrected chi connectivity index (χ1v) is 5.07. The summed E-state index contributed by atoms with van der Waals surface area (Å²) < 4.78 is 0. The van der Waals surface area contributed by atoms with Crippen LogP contribution in [0.5, 0.6) is 0 Å². The molecule has 0 rings (SSSR count). The van der Waals surface area contributed by atoms with E-state index in [0.29, 0.717) is 6.54 Å². The minimum atomic E-state index is -0.0646. The van der Waals surface area contributed by atoms with E-state index >= 15 is 0 Å². The molecule has 0 aromatic rings. The molecule has 0 bridgehead atoms. The normalized spacial score (nSPS) is 9.50. The Hall–Kier alpha value is -0.380. The molecule has 0 unspecified atom stereocenters. The van der Waals surface area contributed by atoms with Gasteiger partial charge in [-0.3, -0.25) is 0 Å². The smallest absolute Gasteiger partial charge is 0.314 e. The molecule has 3 nitrogen and oxygen atoms in total. The Morgan fingerprint density at radius 1 is 1.25 bits per heavy atom. The maximum atomic E-state index is 10.9. The molecule has 0 aromatic carbocycles. The molecule has 0 fully saturated rings. The van der Waals surface area contributed by atoms with Crippen molar-refractivity contribution in [2.75, 3.05) is 18.8 Å². The highest BCUT2D eigenvalue weighted by Gasteiger charge is 1.95. The van der Waals surface area contributed by atoms with E-state index < -0.39 is 0 Å². The Balaban J connectivity index is 3.10. The topological polar surface area (TPSA) is 41.1 Å².